The highest BCUT2D eigenvalue weighted by Crippen LogP contribution is 2.37. The van der Waals surface area contributed by atoms with Gasteiger partial charge in [0.1, 0.15) is 5.78 Å². The lowest BCUT2D eigenvalue weighted by molar-refractivity contribution is -0.142. The Balaban J connectivity index is 2.35. The first-order valence-corrected chi connectivity index (χ1v) is 5.02. The first-order chi connectivity index (χ1) is 7.38. The van der Waals surface area contributed by atoms with E-state index in [2.05, 4.69) is 5.10 Å². The van der Waals surface area contributed by atoms with E-state index in [4.69, 9.17) is 0 Å². The fraction of sp³-hybridized carbons (Fsp3) is 0.600. The second kappa shape index (κ2) is 3.61. The van der Waals surface area contributed by atoms with E-state index < -0.39 is 11.9 Å². The summed E-state index contributed by atoms with van der Waals surface area (Å²) in [6.07, 6.45) is -1.62. The largest absolute Gasteiger partial charge is 0.435 e. The standard InChI is InChI=1S/C10H11F3N2O/c1-6(16)4-7-5-15(8-2-3-8)14-9(7)10(11,12)13/h5,8H,2-4H2,1H3. The molecule has 88 valence electrons. The van der Waals surface area contributed by atoms with Gasteiger partial charge in [-0.2, -0.15) is 18.3 Å². The fourth-order valence-corrected chi connectivity index (χ4v) is 1.59. The minimum Gasteiger partial charge on any atom is -0.300 e. The van der Waals surface area contributed by atoms with Crippen molar-refractivity contribution in [3.63, 3.8) is 0 Å². The number of alkyl halides is 3. The topological polar surface area (TPSA) is 34.9 Å². The summed E-state index contributed by atoms with van der Waals surface area (Å²) in [5, 5.41) is 3.54. The summed E-state index contributed by atoms with van der Waals surface area (Å²) in [6.45, 7) is 1.27. The number of ketones is 1. The summed E-state index contributed by atoms with van der Waals surface area (Å²) in [6, 6.07) is 0.0850. The molecule has 0 saturated heterocycles. The van der Waals surface area contributed by atoms with E-state index in [0.29, 0.717) is 0 Å². The molecule has 0 spiro atoms. The monoisotopic (exact) mass is 232 g/mol. The normalized spacial score (nSPS) is 16.5. The van der Waals surface area contributed by atoms with Crippen LogP contribution in [0.1, 0.15) is 37.1 Å². The quantitative estimate of drug-likeness (QED) is 0.801. The van der Waals surface area contributed by atoms with Gasteiger partial charge in [0.05, 0.1) is 6.04 Å². The van der Waals surface area contributed by atoms with E-state index >= 15 is 0 Å². The average molecular weight is 232 g/mol. The number of aromatic nitrogens is 2. The summed E-state index contributed by atoms with van der Waals surface area (Å²) >= 11 is 0. The molecule has 2 rings (SSSR count). The Morgan fingerprint density at radius 3 is 2.62 bits per heavy atom. The molecule has 0 bridgehead atoms. The number of hydrogen-bond acceptors (Lipinski definition) is 2. The number of halogens is 3. The maximum absolute atomic E-state index is 12.6. The summed E-state index contributed by atoms with van der Waals surface area (Å²) in [4.78, 5) is 10.9. The number of carbonyl (C=O) groups excluding carboxylic acids is 1. The van der Waals surface area contributed by atoms with Gasteiger partial charge in [-0.05, 0) is 19.8 Å². The molecule has 1 aromatic heterocycles. The van der Waals surface area contributed by atoms with Gasteiger partial charge in [0.2, 0.25) is 0 Å². The van der Waals surface area contributed by atoms with Gasteiger partial charge in [0.25, 0.3) is 0 Å². The molecular weight excluding hydrogens is 221 g/mol. The summed E-state index contributed by atoms with van der Waals surface area (Å²) in [7, 11) is 0. The first kappa shape index (κ1) is 11.2. The number of Topliss-reactive ketones (excluding diaryl/α,β-unsaturated/α-hetero) is 1. The van der Waals surface area contributed by atoms with Gasteiger partial charge in [-0.15, -0.1) is 0 Å². The van der Waals surface area contributed by atoms with Crippen LogP contribution in [0.2, 0.25) is 0 Å². The van der Waals surface area contributed by atoms with E-state index in [0.717, 1.165) is 12.8 Å². The molecule has 0 N–H and O–H groups in total. The molecule has 3 nitrogen and oxygen atoms in total. The maximum Gasteiger partial charge on any atom is 0.435 e. The molecule has 6 heteroatoms. The Morgan fingerprint density at radius 1 is 1.56 bits per heavy atom. The Hall–Kier alpha value is -1.33. The second-order valence-electron chi connectivity index (χ2n) is 4.09. The molecule has 1 saturated carbocycles. The van der Waals surface area contributed by atoms with Crippen molar-refractivity contribution in [2.45, 2.75) is 38.4 Å². The Kier molecular flexibility index (Phi) is 2.52. The molecule has 0 aromatic carbocycles. The van der Waals surface area contributed by atoms with Gasteiger partial charge in [-0.25, -0.2) is 0 Å². The lowest BCUT2D eigenvalue weighted by Crippen LogP contribution is -2.11. The van der Waals surface area contributed by atoms with E-state index in [-0.39, 0.29) is 23.8 Å². The van der Waals surface area contributed by atoms with Crippen LogP contribution in [0.4, 0.5) is 13.2 Å². The maximum atomic E-state index is 12.6. The van der Waals surface area contributed by atoms with Gasteiger partial charge in [-0.3, -0.25) is 9.48 Å². The van der Waals surface area contributed by atoms with Crippen LogP contribution in [0.5, 0.6) is 0 Å². The number of hydrogen-bond donors (Lipinski definition) is 0. The lowest BCUT2D eigenvalue weighted by atomic mass is 10.1. The molecule has 0 atom stereocenters. The van der Waals surface area contributed by atoms with Crippen LogP contribution >= 0.6 is 0 Å². The van der Waals surface area contributed by atoms with Crippen LogP contribution in [0.3, 0.4) is 0 Å². The van der Waals surface area contributed by atoms with Gasteiger partial charge < -0.3 is 0 Å². The molecule has 1 aliphatic rings. The van der Waals surface area contributed by atoms with Crippen molar-refractivity contribution >= 4 is 5.78 Å². The van der Waals surface area contributed by atoms with Crippen molar-refractivity contribution in [3.8, 4) is 0 Å². The van der Waals surface area contributed by atoms with Crippen LogP contribution in [0, 0.1) is 0 Å². The van der Waals surface area contributed by atoms with Gasteiger partial charge in [0.15, 0.2) is 5.69 Å². The van der Waals surface area contributed by atoms with Crippen molar-refractivity contribution in [1.29, 1.82) is 0 Å². The molecular formula is C10H11F3N2O. The van der Waals surface area contributed by atoms with Gasteiger partial charge in [-0.1, -0.05) is 0 Å². The fourth-order valence-electron chi connectivity index (χ4n) is 1.59. The highest BCUT2D eigenvalue weighted by Gasteiger charge is 2.38. The highest BCUT2D eigenvalue weighted by molar-refractivity contribution is 5.78. The smallest absolute Gasteiger partial charge is 0.300 e. The molecule has 1 heterocycles. The van der Waals surface area contributed by atoms with Crippen LogP contribution in [-0.4, -0.2) is 15.6 Å². The molecule has 1 aromatic rings. The second-order valence-corrected chi connectivity index (χ2v) is 4.09. The third kappa shape index (κ3) is 2.25. The molecule has 1 fully saturated rings. The Labute approximate surface area is 90.2 Å². The third-order valence-electron chi connectivity index (χ3n) is 2.44. The van der Waals surface area contributed by atoms with Crippen molar-refractivity contribution < 1.29 is 18.0 Å². The van der Waals surface area contributed by atoms with Crippen LogP contribution in [0.15, 0.2) is 6.20 Å². The average Bonchev–Trinajstić information content (AvgIpc) is 2.86. The van der Waals surface area contributed by atoms with Gasteiger partial charge in [0, 0.05) is 18.2 Å². The minimum atomic E-state index is -4.48. The van der Waals surface area contributed by atoms with Crippen molar-refractivity contribution in [1.82, 2.24) is 9.78 Å². The Bertz CT molecular complexity index is 418. The zero-order valence-corrected chi connectivity index (χ0v) is 8.71. The highest BCUT2D eigenvalue weighted by atomic mass is 19.4. The number of rotatable bonds is 3. The first-order valence-electron chi connectivity index (χ1n) is 5.02. The summed E-state index contributed by atoms with van der Waals surface area (Å²) in [5.74, 6) is -0.291. The Morgan fingerprint density at radius 2 is 2.19 bits per heavy atom. The predicted molar refractivity (Wildman–Crippen MR) is 49.9 cm³/mol. The predicted octanol–water partition coefficient (Wildman–Crippen LogP) is 2.37. The molecule has 0 aliphatic heterocycles. The van der Waals surface area contributed by atoms with E-state index in [9.17, 15) is 18.0 Å². The van der Waals surface area contributed by atoms with Crippen LogP contribution < -0.4 is 0 Å². The number of nitrogens with zero attached hydrogens (tertiary/aromatic N) is 2. The van der Waals surface area contributed by atoms with Crippen LogP contribution in [-0.2, 0) is 17.4 Å². The van der Waals surface area contributed by atoms with Gasteiger partial charge >= 0.3 is 6.18 Å². The minimum absolute atomic E-state index is 0.0214. The van der Waals surface area contributed by atoms with Crippen LogP contribution in [0.25, 0.3) is 0 Å². The van der Waals surface area contributed by atoms with Crippen molar-refractivity contribution in [3.05, 3.63) is 17.5 Å². The van der Waals surface area contributed by atoms with Crippen molar-refractivity contribution in [2.75, 3.05) is 0 Å². The molecule has 0 amide bonds. The van der Waals surface area contributed by atoms with E-state index in [1.54, 1.807) is 0 Å². The zero-order valence-electron chi connectivity index (χ0n) is 8.71. The van der Waals surface area contributed by atoms with E-state index in [1.165, 1.54) is 17.8 Å². The summed E-state index contributed by atoms with van der Waals surface area (Å²) in [5.41, 5.74) is -0.943. The molecule has 0 radical (unpaired) electrons. The third-order valence-corrected chi connectivity index (χ3v) is 2.44. The zero-order chi connectivity index (χ0) is 11.9. The molecule has 0 unspecified atom stereocenters. The van der Waals surface area contributed by atoms with E-state index in [1.807, 2.05) is 0 Å². The van der Waals surface area contributed by atoms with Crippen molar-refractivity contribution in [2.24, 2.45) is 0 Å². The molecule has 16 heavy (non-hydrogen) atoms. The molecule has 1 aliphatic carbocycles. The number of carbonyl (C=O) groups is 1. The SMILES string of the molecule is CC(=O)Cc1cn(C2CC2)nc1C(F)(F)F. The lowest BCUT2D eigenvalue weighted by Gasteiger charge is -2.04. The summed E-state index contributed by atoms with van der Waals surface area (Å²) < 4.78 is 39.2.